The van der Waals surface area contributed by atoms with Crippen molar-refractivity contribution >= 4 is 23.6 Å². The molecule has 7 nitrogen and oxygen atoms in total. The first kappa shape index (κ1) is 17.9. The Labute approximate surface area is 163 Å². The molecule has 0 amide bonds. The Morgan fingerprint density at radius 1 is 1.14 bits per heavy atom. The predicted molar refractivity (Wildman–Crippen MR) is 107 cm³/mol. The zero-order valence-electron chi connectivity index (χ0n) is 15.8. The number of fused-ring (bicyclic) bond motifs is 1. The van der Waals surface area contributed by atoms with Gasteiger partial charge in [0.1, 0.15) is 5.82 Å². The van der Waals surface area contributed by atoms with Crippen molar-refractivity contribution < 1.29 is 9.90 Å². The highest BCUT2D eigenvalue weighted by atomic mass is 16.4. The van der Waals surface area contributed by atoms with Crippen LogP contribution in [0.4, 0.5) is 17.6 Å². The Balaban J connectivity index is 1.66. The third-order valence-electron chi connectivity index (χ3n) is 4.83. The zero-order chi connectivity index (χ0) is 19.7. The van der Waals surface area contributed by atoms with E-state index >= 15 is 0 Å². The molecular formula is C21H21N5O2. The lowest BCUT2D eigenvalue weighted by Gasteiger charge is -2.23. The van der Waals surface area contributed by atoms with E-state index < -0.39 is 5.97 Å². The second-order valence-corrected chi connectivity index (χ2v) is 6.88. The molecule has 4 rings (SSSR count). The molecule has 0 fully saturated rings. The van der Waals surface area contributed by atoms with Crippen molar-refractivity contribution in [3.8, 4) is 0 Å². The normalized spacial score (nSPS) is 15.4. The molecule has 2 heterocycles. The van der Waals surface area contributed by atoms with Crippen LogP contribution >= 0.6 is 0 Å². The van der Waals surface area contributed by atoms with Gasteiger partial charge in [-0.3, -0.25) is 0 Å². The number of anilines is 3. The van der Waals surface area contributed by atoms with Gasteiger partial charge in [0.25, 0.3) is 0 Å². The summed E-state index contributed by atoms with van der Waals surface area (Å²) in [4.78, 5) is 27.1. The van der Waals surface area contributed by atoms with Gasteiger partial charge in [-0.2, -0.15) is 15.0 Å². The van der Waals surface area contributed by atoms with E-state index in [9.17, 15) is 9.90 Å². The molecule has 0 spiro atoms. The van der Waals surface area contributed by atoms with Gasteiger partial charge in [-0.1, -0.05) is 36.4 Å². The summed E-state index contributed by atoms with van der Waals surface area (Å²) >= 11 is 0. The lowest BCUT2D eigenvalue weighted by Crippen LogP contribution is -2.26. The Hall–Kier alpha value is -3.48. The van der Waals surface area contributed by atoms with Gasteiger partial charge in [-0.25, -0.2) is 4.79 Å². The van der Waals surface area contributed by atoms with E-state index in [1.165, 1.54) is 0 Å². The molecule has 1 aliphatic heterocycles. The van der Waals surface area contributed by atoms with E-state index in [2.05, 4.69) is 20.3 Å². The summed E-state index contributed by atoms with van der Waals surface area (Å²) in [5.74, 6) is 0.719. The molecule has 0 aliphatic carbocycles. The highest BCUT2D eigenvalue weighted by Gasteiger charge is 2.32. The molecule has 0 radical (unpaired) electrons. The Morgan fingerprint density at radius 2 is 1.93 bits per heavy atom. The van der Waals surface area contributed by atoms with Crippen molar-refractivity contribution in [2.75, 3.05) is 10.2 Å². The molecular weight excluding hydrogens is 354 g/mol. The van der Waals surface area contributed by atoms with Gasteiger partial charge in [0, 0.05) is 18.3 Å². The van der Waals surface area contributed by atoms with Gasteiger partial charge < -0.3 is 15.3 Å². The third kappa shape index (κ3) is 3.38. The van der Waals surface area contributed by atoms with Gasteiger partial charge in [-0.05, 0) is 43.5 Å². The summed E-state index contributed by atoms with van der Waals surface area (Å²) in [5.41, 5.74) is 3.12. The molecule has 2 N–H and O–H groups in total. The molecule has 0 saturated heterocycles. The second kappa shape index (κ2) is 7.26. The molecule has 3 aromatic rings. The minimum Gasteiger partial charge on any atom is -0.478 e. The second-order valence-electron chi connectivity index (χ2n) is 6.88. The summed E-state index contributed by atoms with van der Waals surface area (Å²) in [5, 5.41) is 12.7. The maximum Gasteiger partial charge on any atom is 0.336 e. The van der Waals surface area contributed by atoms with Gasteiger partial charge in [-0.15, -0.1) is 0 Å². The van der Waals surface area contributed by atoms with Crippen LogP contribution in [-0.2, 0) is 13.0 Å². The van der Waals surface area contributed by atoms with Crippen molar-refractivity contribution in [3.05, 3.63) is 71.0 Å². The number of rotatable bonds is 5. The summed E-state index contributed by atoms with van der Waals surface area (Å²) in [7, 11) is 0. The molecule has 1 atom stereocenters. The number of hydrogen-bond donors (Lipinski definition) is 2. The molecule has 1 aliphatic rings. The number of nitrogens with zero attached hydrogens (tertiary/aromatic N) is 4. The summed E-state index contributed by atoms with van der Waals surface area (Å²) in [6.45, 7) is 4.48. The average Bonchev–Trinajstić information content (AvgIpc) is 3.02. The summed E-state index contributed by atoms with van der Waals surface area (Å²) in [6.07, 6.45) is 0.634. The zero-order valence-corrected chi connectivity index (χ0v) is 15.8. The fraction of sp³-hybridized carbons (Fsp3) is 0.238. The Kier molecular flexibility index (Phi) is 4.65. The van der Waals surface area contributed by atoms with Crippen LogP contribution in [0, 0.1) is 6.92 Å². The molecule has 0 saturated carbocycles. The smallest absolute Gasteiger partial charge is 0.336 e. The van der Waals surface area contributed by atoms with E-state index in [0.29, 0.717) is 36.3 Å². The number of aryl methyl sites for hydroxylation is 1. The van der Waals surface area contributed by atoms with Crippen molar-refractivity contribution in [1.29, 1.82) is 0 Å². The first-order chi connectivity index (χ1) is 13.5. The highest BCUT2D eigenvalue weighted by molar-refractivity contribution is 5.92. The fourth-order valence-corrected chi connectivity index (χ4v) is 3.58. The van der Waals surface area contributed by atoms with Crippen molar-refractivity contribution in [2.24, 2.45) is 0 Å². The average molecular weight is 375 g/mol. The first-order valence-electron chi connectivity index (χ1n) is 9.18. The minimum atomic E-state index is -0.914. The van der Waals surface area contributed by atoms with E-state index in [1.807, 2.05) is 55.1 Å². The Morgan fingerprint density at radius 3 is 2.68 bits per heavy atom. The maximum absolute atomic E-state index is 11.6. The van der Waals surface area contributed by atoms with Crippen molar-refractivity contribution in [1.82, 2.24) is 15.0 Å². The Bertz CT molecular complexity index is 1020. The van der Waals surface area contributed by atoms with E-state index in [0.717, 1.165) is 16.8 Å². The first-order valence-corrected chi connectivity index (χ1v) is 9.18. The molecule has 7 heteroatoms. The standard InChI is InChI=1S/C21H21N5O2/c1-13-11-17-16(19(27)28)9-6-10-18(17)26(13)21-24-14(2)23-20(25-21)22-12-15-7-4-3-5-8-15/h3-10,13H,11-12H2,1-2H3,(H,27,28)(H,22,23,24,25). The molecule has 1 unspecified atom stereocenters. The monoisotopic (exact) mass is 375 g/mol. The number of nitrogens with one attached hydrogen (secondary N) is 1. The largest absolute Gasteiger partial charge is 0.478 e. The number of carbonyl (C=O) groups is 1. The number of carboxylic acid groups (broad SMARTS) is 1. The van der Waals surface area contributed by atoms with Crippen LogP contribution in [0.2, 0.25) is 0 Å². The van der Waals surface area contributed by atoms with E-state index in [1.54, 1.807) is 12.1 Å². The highest BCUT2D eigenvalue weighted by Crippen LogP contribution is 2.38. The van der Waals surface area contributed by atoms with Crippen molar-refractivity contribution in [2.45, 2.75) is 32.9 Å². The van der Waals surface area contributed by atoms with Crippen LogP contribution in [-0.4, -0.2) is 32.1 Å². The van der Waals surface area contributed by atoms with Crippen LogP contribution < -0.4 is 10.2 Å². The molecule has 142 valence electrons. The lowest BCUT2D eigenvalue weighted by atomic mass is 10.0. The predicted octanol–water partition coefficient (Wildman–Crippen LogP) is 3.57. The quantitative estimate of drug-likeness (QED) is 0.704. The van der Waals surface area contributed by atoms with Gasteiger partial charge in [0.15, 0.2) is 0 Å². The van der Waals surface area contributed by atoms with Gasteiger partial charge in [0.2, 0.25) is 11.9 Å². The van der Waals surface area contributed by atoms with Crippen LogP contribution in [0.1, 0.15) is 34.2 Å². The van der Waals surface area contributed by atoms with E-state index in [4.69, 9.17) is 0 Å². The number of benzene rings is 2. The molecule has 1 aromatic heterocycles. The topological polar surface area (TPSA) is 91.2 Å². The maximum atomic E-state index is 11.6. The van der Waals surface area contributed by atoms with Crippen LogP contribution in [0.15, 0.2) is 48.5 Å². The fourth-order valence-electron chi connectivity index (χ4n) is 3.58. The number of carboxylic acids is 1. The van der Waals surface area contributed by atoms with Crippen LogP contribution in [0.25, 0.3) is 0 Å². The summed E-state index contributed by atoms with van der Waals surface area (Å²) < 4.78 is 0. The van der Waals surface area contributed by atoms with Gasteiger partial charge in [0.05, 0.1) is 5.56 Å². The van der Waals surface area contributed by atoms with Gasteiger partial charge >= 0.3 is 5.97 Å². The van der Waals surface area contributed by atoms with E-state index in [-0.39, 0.29) is 6.04 Å². The molecule has 28 heavy (non-hydrogen) atoms. The van der Waals surface area contributed by atoms with Crippen LogP contribution in [0.5, 0.6) is 0 Å². The number of aromatic carboxylic acids is 1. The minimum absolute atomic E-state index is 0.0549. The number of aromatic nitrogens is 3. The third-order valence-corrected chi connectivity index (χ3v) is 4.83. The SMILES string of the molecule is Cc1nc(NCc2ccccc2)nc(N2c3cccc(C(=O)O)c3CC2C)n1. The summed E-state index contributed by atoms with van der Waals surface area (Å²) in [6, 6.07) is 15.4. The molecule has 0 bridgehead atoms. The number of hydrogen-bond acceptors (Lipinski definition) is 6. The molecule has 2 aromatic carbocycles. The van der Waals surface area contributed by atoms with Crippen LogP contribution in [0.3, 0.4) is 0 Å². The van der Waals surface area contributed by atoms with Crippen molar-refractivity contribution in [3.63, 3.8) is 0 Å². The lowest BCUT2D eigenvalue weighted by molar-refractivity contribution is 0.0696.